The molecule has 4 rings (SSSR count). The molecule has 132 valence electrons. The lowest BCUT2D eigenvalue weighted by molar-refractivity contribution is 0.0827. The van der Waals surface area contributed by atoms with Crippen LogP contribution in [0.15, 0.2) is 54.6 Å². The lowest BCUT2D eigenvalue weighted by atomic mass is 10.1. The number of fused-ring (bicyclic) bond motifs is 1. The molecule has 1 amide bonds. The monoisotopic (exact) mass is 346 g/mol. The first kappa shape index (κ1) is 16.5. The fourth-order valence-electron chi connectivity index (χ4n) is 3.12. The van der Waals surface area contributed by atoms with Crippen LogP contribution >= 0.6 is 0 Å². The minimum absolute atomic E-state index is 0.00334. The third-order valence-corrected chi connectivity index (χ3v) is 4.78. The minimum atomic E-state index is -0.00334. The Morgan fingerprint density at radius 1 is 1.19 bits per heavy atom. The SMILES string of the molecule is C=C(Cc1nc2cccc(-c3ccc(C(=O)N(C)C)cc3)n2n1)C1CC1. The van der Waals surface area contributed by atoms with Crippen LogP contribution in [0.2, 0.25) is 0 Å². The molecule has 0 bridgehead atoms. The van der Waals surface area contributed by atoms with Crippen molar-refractivity contribution in [2.45, 2.75) is 19.3 Å². The topological polar surface area (TPSA) is 50.5 Å². The standard InChI is InChI=1S/C21H22N4O/c1-14(15-7-8-15)13-19-22-20-6-4-5-18(25(20)23-19)16-9-11-17(12-10-16)21(26)24(2)3/h4-6,9-12,15H,1,7-8,13H2,2-3H3. The van der Waals surface area contributed by atoms with Crippen molar-refractivity contribution >= 4 is 11.6 Å². The zero-order valence-electron chi connectivity index (χ0n) is 15.1. The maximum Gasteiger partial charge on any atom is 0.253 e. The molecule has 2 aromatic heterocycles. The third-order valence-electron chi connectivity index (χ3n) is 4.78. The molecule has 2 heterocycles. The van der Waals surface area contributed by atoms with Gasteiger partial charge in [0.05, 0.1) is 5.69 Å². The van der Waals surface area contributed by atoms with Crippen LogP contribution < -0.4 is 0 Å². The number of carbonyl (C=O) groups excluding carboxylic acids is 1. The molecule has 1 fully saturated rings. The van der Waals surface area contributed by atoms with E-state index >= 15 is 0 Å². The number of allylic oxidation sites excluding steroid dienone is 1. The number of carbonyl (C=O) groups is 1. The summed E-state index contributed by atoms with van der Waals surface area (Å²) in [6, 6.07) is 13.6. The highest BCUT2D eigenvalue weighted by Crippen LogP contribution is 2.36. The van der Waals surface area contributed by atoms with Crippen molar-refractivity contribution < 1.29 is 4.79 Å². The molecule has 0 spiro atoms. The van der Waals surface area contributed by atoms with Crippen LogP contribution in [0.3, 0.4) is 0 Å². The Morgan fingerprint density at radius 3 is 2.58 bits per heavy atom. The van der Waals surface area contributed by atoms with Gasteiger partial charge in [-0.3, -0.25) is 4.79 Å². The van der Waals surface area contributed by atoms with Crippen LogP contribution in [0, 0.1) is 5.92 Å². The first-order valence-electron chi connectivity index (χ1n) is 8.87. The van der Waals surface area contributed by atoms with Gasteiger partial charge >= 0.3 is 0 Å². The number of benzene rings is 1. The van der Waals surface area contributed by atoms with Gasteiger partial charge in [0, 0.05) is 31.6 Å². The summed E-state index contributed by atoms with van der Waals surface area (Å²) >= 11 is 0. The maximum absolute atomic E-state index is 12.1. The molecule has 0 atom stereocenters. The number of nitrogens with zero attached hydrogens (tertiary/aromatic N) is 4. The summed E-state index contributed by atoms with van der Waals surface area (Å²) in [7, 11) is 3.51. The number of hydrogen-bond acceptors (Lipinski definition) is 3. The number of hydrogen-bond donors (Lipinski definition) is 0. The molecule has 1 aromatic carbocycles. The van der Waals surface area contributed by atoms with Crippen molar-refractivity contribution in [2.75, 3.05) is 14.1 Å². The van der Waals surface area contributed by atoms with E-state index in [1.54, 1.807) is 19.0 Å². The van der Waals surface area contributed by atoms with Gasteiger partial charge in [-0.2, -0.15) is 5.10 Å². The number of pyridine rings is 1. The summed E-state index contributed by atoms with van der Waals surface area (Å²) in [5.74, 6) is 1.47. The largest absolute Gasteiger partial charge is 0.345 e. The van der Waals surface area contributed by atoms with Gasteiger partial charge in [0.15, 0.2) is 11.5 Å². The van der Waals surface area contributed by atoms with Crippen LogP contribution in [0.5, 0.6) is 0 Å². The van der Waals surface area contributed by atoms with Gasteiger partial charge in [-0.25, -0.2) is 9.50 Å². The fourth-order valence-corrected chi connectivity index (χ4v) is 3.12. The lowest BCUT2D eigenvalue weighted by Gasteiger charge is -2.10. The Morgan fingerprint density at radius 2 is 1.92 bits per heavy atom. The van der Waals surface area contributed by atoms with Gasteiger partial charge in [0.25, 0.3) is 5.91 Å². The van der Waals surface area contributed by atoms with Crippen molar-refractivity contribution in [1.29, 1.82) is 0 Å². The Balaban J connectivity index is 1.66. The molecule has 0 radical (unpaired) electrons. The van der Waals surface area contributed by atoms with E-state index in [2.05, 4.69) is 11.6 Å². The summed E-state index contributed by atoms with van der Waals surface area (Å²) in [6.45, 7) is 4.18. The molecule has 0 N–H and O–H groups in total. The molecular formula is C21H22N4O. The van der Waals surface area contributed by atoms with Crippen LogP contribution in [-0.2, 0) is 6.42 Å². The van der Waals surface area contributed by atoms with E-state index in [4.69, 9.17) is 5.10 Å². The summed E-state index contributed by atoms with van der Waals surface area (Å²) in [6.07, 6.45) is 3.23. The molecule has 1 saturated carbocycles. The van der Waals surface area contributed by atoms with Crippen LogP contribution in [0.25, 0.3) is 16.9 Å². The van der Waals surface area contributed by atoms with Gasteiger partial charge in [0.2, 0.25) is 0 Å². The zero-order valence-corrected chi connectivity index (χ0v) is 15.1. The Labute approximate surface area is 153 Å². The molecular weight excluding hydrogens is 324 g/mol. The summed E-state index contributed by atoms with van der Waals surface area (Å²) in [5.41, 5.74) is 4.69. The average molecular weight is 346 g/mol. The molecule has 5 heteroatoms. The first-order valence-corrected chi connectivity index (χ1v) is 8.87. The molecule has 3 aromatic rings. The van der Waals surface area contributed by atoms with Gasteiger partial charge in [-0.05, 0) is 43.0 Å². The van der Waals surface area contributed by atoms with Gasteiger partial charge in [0.1, 0.15) is 0 Å². The second-order valence-corrected chi connectivity index (χ2v) is 7.10. The maximum atomic E-state index is 12.1. The van der Waals surface area contributed by atoms with Crippen LogP contribution in [0.1, 0.15) is 29.0 Å². The van der Waals surface area contributed by atoms with Crippen molar-refractivity contribution in [2.24, 2.45) is 5.92 Å². The molecule has 0 saturated heterocycles. The first-order chi connectivity index (χ1) is 12.5. The summed E-state index contributed by atoms with van der Waals surface area (Å²) in [5, 5.41) is 4.69. The average Bonchev–Trinajstić information content (AvgIpc) is 3.41. The molecule has 26 heavy (non-hydrogen) atoms. The van der Waals surface area contributed by atoms with E-state index in [1.165, 1.54) is 18.4 Å². The second kappa shape index (κ2) is 6.41. The zero-order chi connectivity index (χ0) is 18.3. The smallest absolute Gasteiger partial charge is 0.253 e. The number of aromatic nitrogens is 3. The molecule has 1 aliphatic rings. The Kier molecular flexibility index (Phi) is 4.07. The van der Waals surface area contributed by atoms with E-state index in [9.17, 15) is 4.79 Å². The molecule has 5 nitrogen and oxygen atoms in total. The van der Waals surface area contributed by atoms with Gasteiger partial charge in [-0.1, -0.05) is 30.4 Å². The van der Waals surface area contributed by atoms with Crippen molar-refractivity contribution in [3.05, 3.63) is 66.0 Å². The highest BCUT2D eigenvalue weighted by atomic mass is 16.2. The minimum Gasteiger partial charge on any atom is -0.345 e. The van der Waals surface area contributed by atoms with Gasteiger partial charge in [-0.15, -0.1) is 0 Å². The predicted molar refractivity (Wildman–Crippen MR) is 102 cm³/mol. The fraction of sp³-hybridized carbons (Fsp3) is 0.286. The van der Waals surface area contributed by atoms with Crippen molar-refractivity contribution in [3.63, 3.8) is 0 Å². The number of amides is 1. The molecule has 0 unspecified atom stereocenters. The molecule has 0 aliphatic heterocycles. The highest BCUT2D eigenvalue weighted by Gasteiger charge is 2.25. The summed E-state index contributed by atoms with van der Waals surface area (Å²) in [4.78, 5) is 18.3. The lowest BCUT2D eigenvalue weighted by Crippen LogP contribution is -2.21. The van der Waals surface area contributed by atoms with E-state index in [0.29, 0.717) is 11.5 Å². The van der Waals surface area contributed by atoms with Gasteiger partial charge < -0.3 is 4.90 Å². The van der Waals surface area contributed by atoms with Crippen LogP contribution in [0.4, 0.5) is 0 Å². The van der Waals surface area contributed by atoms with E-state index < -0.39 is 0 Å². The van der Waals surface area contributed by atoms with Crippen molar-refractivity contribution in [3.8, 4) is 11.3 Å². The predicted octanol–water partition coefficient (Wildman–Crippen LogP) is 3.61. The Hall–Kier alpha value is -2.95. The van der Waals surface area contributed by atoms with Crippen LogP contribution in [-0.4, -0.2) is 39.5 Å². The summed E-state index contributed by atoms with van der Waals surface area (Å²) < 4.78 is 1.87. The molecule has 1 aliphatic carbocycles. The number of rotatable bonds is 5. The second-order valence-electron chi connectivity index (χ2n) is 7.10. The van der Waals surface area contributed by atoms with E-state index in [-0.39, 0.29) is 5.91 Å². The van der Waals surface area contributed by atoms with E-state index in [0.717, 1.165) is 29.1 Å². The third kappa shape index (κ3) is 3.12. The Bertz CT molecular complexity index is 981. The van der Waals surface area contributed by atoms with E-state index in [1.807, 2.05) is 47.0 Å². The van der Waals surface area contributed by atoms with Crippen molar-refractivity contribution in [1.82, 2.24) is 19.5 Å². The highest BCUT2D eigenvalue weighted by molar-refractivity contribution is 5.94. The normalized spacial score (nSPS) is 13.8. The quantitative estimate of drug-likeness (QED) is 0.663.